The summed E-state index contributed by atoms with van der Waals surface area (Å²) in [5.74, 6) is 0.671. The highest BCUT2D eigenvalue weighted by atomic mass is 14.7. The van der Waals surface area contributed by atoms with Crippen molar-refractivity contribution in [1.82, 2.24) is 0 Å². The number of aryl methyl sites for hydroxylation is 1. The quantitative estimate of drug-likeness (QED) is 0.677. The van der Waals surface area contributed by atoms with Gasteiger partial charge in [-0.25, -0.2) is 0 Å². The van der Waals surface area contributed by atoms with Crippen LogP contribution in [0, 0.1) is 12.8 Å². The standard InChI is InChI=1S/C11H16N2/c1-7-2-5-9(10(12)6-7)11(13)8-3-4-8/h2,5-6,8,11H,3-4,12-13H2,1H3. The summed E-state index contributed by atoms with van der Waals surface area (Å²) in [5.41, 5.74) is 15.1. The number of nitrogens with two attached hydrogens (primary N) is 2. The van der Waals surface area contributed by atoms with Crippen molar-refractivity contribution in [3.05, 3.63) is 29.3 Å². The summed E-state index contributed by atoms with van der Waals surface area (Å²) in [4.78, 5) is 0. The SMILES string of the molecule is Cc1ccc(C(N)C2CC2)c(N)c1. The first-order valence-electron chi connectivity index (χ1n) is 4.80. The van der Waals surface area contributed by atoms with Crippen LogP contribution in [-0.2, 0) is 0 Å². The molecular formula is C11H16N2. The van der Waals surface area contributed by atoms with Crippen molar-refractivity contribution in [3.63, 3.8) is 0 Å². The van der Waals surface area contributed by atoms with Gasteiger partial charge in [-0.05, 0) is 42.9 Å². The van der Waals surface area contributed by atoms with Gasteiger partial charge in [0.05, 0.1) is 0 Å². The fraction of sp³-hybridized carbons (Fsp3) is 0.455. The van der Waals surface area contributed by atoms with Gasteiger partial charge in [0, 0.05) is 11.7 Å². The van der Waals surface area contributed by atoms with Crippen LogP contribution >= 0.6 is 0 Å². The Hall–Kier alpha value is -1.02. The summed E-state index contributed by atoms with van der Waals surface area (Å²) in [6, 6.07) is 6.29. The second kappa shape index (κ2) is 3.04. The van der Waals surface area contributed by atoms with Crippen LogP contribution in [0.3, 0.4) is 0 Å². The van der Waals surface area contributed by atoms with E-state index in [1.54, 1.807) is 0 Å². The molecule has 4 N–H and O–H groups in total. The summed E-state index contributed by atoms with van der Waals surface area (Å²) >= 11 is 0. The Balaban J connectivity index is 2.28. The lowest BCUT2D eigenvalue weighted by Gasteiger charge is -2.13. The molecule has 1 fully saturated rings. The van der Waals surface area contributed by atoms with Crippen molar-refractivity contribution in [3.8, 4) is 0 Å². The van der Waals surface area contributed by atoms with Gasteiger partial charge in [0.25, 0.3) is 0 Å². The normalized spacial score (nSPS) is 18.6. The van der Waals surface area contributed by atoms with E-state index in [0.717, 1.165) is 11.3 Å². The topological polar surface area (TPSA) is 52.0 Å². The zero-order valence-electron chi connectivity index (χ0n) is 7.96. The number of nitrogen functional groups attached to an aromatic ring is 1. The summed E-state index contributed by atoms with van der Waals surface area (Å²) in [6.45, 7) is 2.04. The van der Waals surface area contributed by atoms with Crippen LogP contribution < -0.4 is 11.5 Å². The average molecular weight is 176 g/mol. The molecule has 0 radical (unpaired) electrons. The van der Waals surface area contributed by atoms with Crippen LogP contribution in [0.1, 0.15) is 30.0 Å². The molecule has 0 aliphatic heterocycles. The Bertz CT molecular complexity index is 316. The van der Waals surface area contributed by atoms with Crippen LogP contribution in [0.15, 0.2) is 18.2 Å². The molecule has 1 aromatic rings. The molecule has 0 bridgehead atoms. The lowest BCUT2D eigenvalue weighted by molar-refractivity contribution is 0.635. The maximum atomic E-state index is 6.07. The lowest BCUT2D eigenvalue weighted by Crippen LogP contribution is -2.14. The predicted molar refractivity (Wildman–Crippen MR) is 55.2 cm³/mol. The fourth-order valence-corrected chi connectivity index (χ4v) is 1.71. The smallest absolute Gasteiger partial charge is 0.0365 e. The van der Waals surface area contributed by atoms with Gasteiger partial charge in [-0.2, -0.15) is 0 Å². The molecule has 1 atom stereocenters. The lowest BCUT2D eigenvalue weighted by atomic mass is 10.00. The minimum atomic E-state index is 0.153. The Morgan fingerprint density at radius 3 is 2.62 bits per heavy atom. The molecule has 0 amide bonds. The van der Waals surface area contributed by atoms with Gasteiger partial charge in [-0.15, -0.1) is 0 Å². The summed E-state index contributed by atoms with van der Waals surface area (Å²) < 4.78 is 0. The molecule has 2 heteroatoms. The number of rotatable bonds is 2. The largest absolute Gasteiger partial charge is 0.398 e. The number of hydrogen-bond acceptors (Lipinski definition) is 2. The molecule has 70 valence electrons. The first kappa shape index (κ1) is 8.57. The van der Waals surface area contributed by atoms with Crippen LogP contribution in [-0.4, -0.2) is 0 Å². The van der Waals surface area contributed by atoms with E-state index in [9.17, 15) is 0 Å². The molecule has 1 aromatic carbocycles. The Morgan fingerprint density at radius 2 is 2.08 bits per heavy atom. The highest BCUT2D eigenvalue weighted by Gasteiger charge is 2.30. The van der Waals surface area contributed by atoms with Gasteiger partial charge in [-0.1, -0.05) is 12.1 Å². The zero-order valence-corrected chi connectivity index (χ0v) is 7.96. The number of hydrogen-bond donors (Lipinski definition) is 2. The van der Waals surface area contributed by atoms with Gasteiger partial charge in [0.1, 0.15) is 0 Å². The maximum absolute atomic E-state index is 6.07. The van der Waals surface area contributed by atoms with E-state index in [2.05, 4.69) is 12.1 Å². The van der Waals surface area contributed by atoms with Crippen LogP contribution in [0.4, 0.5) is 5.69 Å². The van der Waals surface area contributed by atoms with Crippen molar-refractivity contribution in [2.45, 2.75) is 25.8 Å². The van der Waals surface area contributed by atoms with E-state index >= 15 is 0 Å². The molecule has 1 unspecified atom stereocenters. The van der Waals surface area contributed by atoms with Gasteiger partial charge < -0.3 is 11.5 Å². The Morgan fingerprint density at radius 1 is 1.38 bits per heavy atom. The minimum absolute atomic E-state index is 0.153. The molecule has 1 aliphatic carbocycles. The Kier molecular flexibility index (Phi) is 2.00. The second-order valence-corrected chi connectivity index (χ2v) is 4.00. The third-order valence-electron chi connectivity index (χ3n) is 2.73. The third kappa shape index (κ3) is 1.68. The van der Waals surface area contributed by atoms with E-state index in [4.69, 9.17) is 11.5 Å². The second-order valence-electron chi connectivity index (χ2n) is 4.00. The van der Waals surface area contributed by atoms with Gasteiger partial charge >= 0.3 is 0 Å². The predicted octanol–water partition coefficient (Wildman–Crippen LogP) is 1.99. The van der Waals surface area contributed by atoms with E-state index in [0.29, 0.717) is 5.92 Å². The van der Waals surface area contributed by atoms with Crippen LogP contribution in [0.5, 0.6) is 0 Å². The Labute approximate surface area is 78.9 Å². The number of anilines is 1. The maximum Gasteiger partial charge on any atom is 0.0365 e. The van der Waals surface area contributed by atoms with Crippen LogP contribution in [0.2, 0.25) is 0 Å². The van der Waals surface area contributed by atoms with Crippen molar-refractivity contribution in [1.29, 1.82) is 0 Å². The van der Waals surface area contributed by atoms with Crippen molar-refractivity contribution >= 4 is 5.69 Å². The molecule has 0 heterocycles. The van der Waals surface area contributed by atoms with Crippen molar-refractivity contribution in [2.75, 3.05) is 5.73 Å². The highest BCUT2D eigenvalue weighted by Crippen LogP contribution is 2.40. The molecule has 1 saturated carbocycles. The van der Waals surface area contributed by atoms with E-state index in [-0.39, 0.29) is 6.04 Å². The third-order valence-corrected chi connectivity index (χ3v) is 2.73. The number of benzene rings is 1. The zero-order chi connectivity index (χ0) is 9.42. The summed E-state index contributed by atoms with van der Waals surface area (Å²) in [7, 11) is 0. The average Bonchev–Trinajstić information content (AvgIpc) is 2.85. The molecule has 1 aliphatic rings. The van der Waals surface area contributed by atoms with E-state index < -0.39 is 0 Å². The van der Waals surface area contributed by atoms with E-state index in [1.165, 1.54) is 18.4 Å². The molecule has 13 heavy (non-hydrogen) atoms. The summed E-state index contributed by atoms with van der Waals surface area (Å²) in [5, 5.41) is 0. The molecule has 2 nitrogen and oxygen atoms in total. The first-order valence-corrected chi connectivity index (χ1v) is 4.80. The van der Waals surface area contributed by atoms with Gasteiger partial charge in [0.2, 0.25) is 0 Å². The minimum Gasteiger partial charge on any atom is -0.398 e. The molecule has 0 saturated heterocycles. The van der Waals surface area contributed by atoms with Crippen molar-refractivity contribution in [2.24, 2.45) is 11.7 Å². The summed E-state index contributed by atoms with van der Waals surface area (Å²) in [6.07, 6.45) is 2.52. The van der Waals surface area contributed by atoms with E-state index in [1.807, 2.05) is 13.0 Å². The molecule has 0 aromatic heterocycles. The molecular weight excluding hydrogens is 160 g/mol. The van der Waals surface area contributed by atoms with Gasteiger partial charge in [-0.3, -0.25) is 0 Å². The molecule has 2 rings (SSSR count). The fourth-order valence-electron chi connectivity index (χ4n) is 1.71. The van der Waals surface area contributed by atoms with Crippen molar-refractivity contribution < 1.29 is 0 Å². The van der Waals surface area contributed by atoms with Gasteiger partial charge in [0.15, 0.2) is 0 Å². The highest BCUT2D eigenvalue weighted by molar-refractivity contribution is 5.50. The first-order chi connectivity index (χ1) is 6.18. The molecule has 0 spiro atoms. The van der Waals surface area contributed by atoms with Crippen LogP contribution in [0.25, 0.3) is 0 Å². The monoisotopic (exact) mass is 176 g/mol.